The van der Waals surface area contributed by atoms with Gasteiger partial charge in [-0.2, -0.15) is 0 Å². The highest BCUT2D eigenvalue weighted by Gasteiger charge is 2.23. The van der Waals surface area contributed by atoms with Gasteiger partial charge in [0, 0.05) is 23.2 Å². The maximum atomic E-state index is 11.8. The summed E-state index contributed by atoms with van der Waals surface area (Å²) in [5, 5.41) is 0.656. The number of hydrogen-bond donors (Lipinski definition) is 0. The normalized spacial score (nSPS) is 14.2. The van der Waals surface area contributed by atoms with Crippen molar-refractivity contribution in [2.24, 2.45) is 0 Å². The van der Waals surface area contributed by atoms with Crippen LogP contribution in [0.5, 0.6) is 0 Å². The Labute approximate surface area is 158 Å². The third kappa shape index (κ3) is 3.06. The van der Waals surface area contributed by atoms with Crippen LogP contribution in [0.3, 0.4) is 0 Å². The van der Waals surface area contributed by atoms with Gasteiger partial charge in [0.1, 0.15) is 5.82 Å². The fourth-order valence-corrected chi connectivity index (χ4v) is 4.33. The van der Waals surface area contributed by atoms with E-state index in [0.29, 0.717) is 9.92 Å². The van der Waals surface area contributed by atoms with Crippen molar-refractivity contribution in [2.45, 2.75) is 30.6 Å². The monoisotopic (exact) mass is 386 g/mol. The summed E-state index contributed by atoms with van der Waals surface area (Å²) in [6.07, 6.45) is 5.40. The van der Waals surface area contributed by atoms with Crippen LogP contribution in [0, 0.1) is 0 Å². The van der Waals surface area contributed by atoms with Gasteiger partial charge in [0.15, 0.2) is 9.84 Å². The average Bonchev–Trinajstić information content (AvgIpc) is 3.00. The van der Waals surface area contributed by atoms with Crippen LogP contribution in [0.15, 0.2) is 53.4 Å². The maximum Gasteiger partial charge on any atom is 0.175 e. The summed E-state index contributed by atoms with van der Waals surface area (Å²) in [5.74, 6) is 0.814. The van der Waals surface area contributed by atoms with Crippen molar-refractivity contribution < 1.29 is 8.42 Å². The highest BCUT2D eigenvalue weighted by atomic mass is 35.5. The number of fused-ring (bicyclic) bond motifs is 1. The van der Waals surface area contributed by atoms with Crippen molar-refractivity contribution in [3.8, 4) is 17.1 Å². The molecular weight excluding hydrogens is 368 g/mol. The van der Waals surface area contributed by atoms with E-state index in [2.05, 4.69) is 4.57 Å². The Morgan fingerprint density at radius 3 is 2.38 bits per heavy atom. The molecule has 0 spiro atoms. The van der Waals surface area contributed by atoms with Gasteiger partial charge < -0.3 is 0 Å². The summed E-state index contributed by atoms with van der Waals surface area (Å²) in [4.78, 5) is 5.20. The highest BCUT2D eigenvalue weighted by molar-refractivity contribution is 7.90. The van der Waals surface area contributed by atoms with Gasteiger partial charge in [-0.3, -0.25) is 4.57 Å². The minimum Gasteiger partial charge on any atom is -0.296 e. The lowest BCUT2D eigenvalue weighted by molar-refractivity contribution is 0.602. The topological polar surface area (TPSA) is 52.0 Å². The van der Waals surface area contributed by atoms with Crippen molar-refractivity contribution in [2.75, 3.05) is 6.26 Å². The summed E-state index contributed by atoms with van der Waals surface area (Å²) in [7, 11) is -3.22. The molecular formula is C20H19ClN2O2S. The summed E-state index contributed by atoms with van der Waals surface area (Å²) in [6.45, 7) is 0. The third-order valence-corrected chi connectivity index (χ3v) is 6.23. The van der Waals surface area contributed by atoms with E-state index in [1.54, 1.807) is 12.1 Å². The number of aromatic nitrogens is 2. The van der Waals surface area contributed by atoms with Crippen LogP contribution in [-0.4, -0.2) is 24.2 Å². The average molecular weight is 387 g/mol. The number of aryl methyl sites for hydroxylation is 1. The third-order valence-electron chi connectivity index (χ3n) is 4.77. The highest BCUT2D eigenvalue weighted by Crippen LogP contribution is 2.34. The quantitative estimate of drug-likeness (QED) is 0.667. The van der Waals surface area contributed by atoms with Gasteiger partial charge in [0.25, 0.3) is 0 Å². The second-order valence-corrected chi connectivity index (χ2v) is 9.04. The van der Waals surface area contributed by atoms with Crippen LogP contribution in [0.2, 0.25) is 5.02 Å². The molecule has 4 rings (SSSR count). The number of sulfone groups is 1. The van der Waals surface area contributed by atoms with Crippen LogP contribution >= 0.6 is 11.6 Å². The number of imidazole rings is 1. The van der Waals surface area contributed by atoms with Crippen molar-refractivity contribution in [1.29, 1.82) is 0 Å². The van der Waals surface area contributed by atoms with E-state index in [0.717, 1.165) is 48.5 Å². The van der Waals surface area contributed by atoms with E-state index in [1.807, 2.05) is 36.4 Å². The van der Waals surface area contributed by atoms with E-state index < -0.39 is 9.84 Å². The molecule has 0 unspecified atom stereocenters. The lowest BCUT2D eigenvalue weighted by Gasteiger charge is -2.16. The summed E-state index contributed by atoms with van der Waals surface area (Å²) in [6, 6.07) is 14.7. The van der Waals surface area contributed by atoms with Crippen molar-refractivity contribution in [3.63, 3.8) is 0 Å². The van der Waals surface area contributed by atoms with Crippen LogP contribution in [0.4, 0.5) is 0 Å². The zero-order chi connectivity index (χ0) is 18.3. The largest absolute Gasteiger partial charge is 0.296 e. The van der Waals surface area contributed by atoms with Gasteiger partial charge in [-0.25, -0.2) is 13.4 Å². The Bertz CT molecular complexity index is 1070. The molecule has 0 N–H and O–H groups in total. The summed E-state index contributed by atoms with van der Waals surface area (Å²) < 4.78 is 25.6. The molecule has 134 valence electrons. The molecule has 0 bridgehead atoms. The first-order valence-electron chi connectivity index (χ1n) is 8.61. The molecule has 0 saturated heterocycles. The van der Waals surface area contributed by atoms with Crippen molar-refractivity contribution >= 4 is 21.4 Å². The van der Waals surface area contributed by atoms with Gasteiger partial charge >= 0.3 is 0 Å². The van der Waals surface area contributed by atoms with Gasteiger partial charge in [0.05, 0.1) is 15.6 Å². The van der Waals surface area contributed by atoms with Gasteiger partial charge in [-0.15, -0.1) is 0 Å². The molecule has 1 heterocycles. The smallest absolute Gasteiger partial charge is 0.175 e. The SMILES string of the molecule is CS(=O)(=O)c1ccc(-n2c(-c3ccccc3Cl)nc3c2CCCC3)cc1. The molecule has 6 heteroatoms. The standard InChI is InChI=1S/C20H19ClN2O2S/c1-26(24,25)15-12-10-14(11-13-15)23-19-9-5-4-8-18(19)22-20(23)16-6-2-3-7-17(16)21/h2-3,6-7,10-13H,4-5,8-9H2,1H3. The molecule has 0 radical (unpaired) electrons. The fourth-order valence-electron chi connectivity index (χ4n) is 3.48. The molecule has 1 aliphatic rings. The number of halogens is 1. The number of benzene rings is 2. The van der Waals surface area contributed by atoms with Crippen molar-refractivity contribution in [1.82, 2.24) is 9.55 Å². The summed E-state index contributed by atoms with van der Waals surface area (Å²) in [5.41, 5.74) is 4.09. The van der Waals surface area contributed by atoms with Gasteiger partial charge in [-0.05, 0) is 62.1 Å². The summed E-state index contributed by atoms with van der Waals surface area (Å²) >= 11 is 6.43. The van der Waals surface area contributed by atoms with Gasteiger partial charge in [0.2, 0.25) is 0 Å². The van der Waals surface area contributed by atoms with Crippen LogP contribution in [0.25, 0.3) is 17.1 Å². The predicted molar refractivity (Wildman–Crippen MR) is 104 cm³/mol. The molecule has 0 atom stereocenters. The van der Waals surface area contributed by atoms with E-state index in [9.17, 15) is 8.42 Å². The molecule has 0 aliphatic heterocycles. The lowest BCUT2D eigenvalue weighted by Crippen LogP contribution is -2.08. The molecule has 0 fully saturated rings. The van der Waals surface area contributed by atoms with Gasteiger partial charge in [-0.1, -0.05) is 23.7 Å². The molecule has 0 saturated carbocycles. The Morgan fingerprint density at radius 2 is 1.69 bits per heavy atom. The number of hydrogen-bond acceptors (Lipinski definition) is 3. The van der Waals surface area contributed by atoms with E-state index in [-0.39, 0.29) is 0 Å². The maximum absolute atomic E-state index is 11.8. The lowest BCUT2D eigenvalue weighted by atomic mass is 10.0. The second-order valence-electron chi connectivity index (χ2n) is 6.62. The molecule has 0 amide bonds. The zero-order valence-electron chi connectivity index (χ0n) is 14.4. The van der Waals surface area contributed by atoms with Crippen LogP contribution in [-0.2, 0) is 22.7 Å². The molecule has 4 nitrogen and oxygen atoms in total. The van der Waals surface area contributed by atoms with E-state index in [1.165, 1.54) is 11.9 Å². The predicted octanol–water partition coefficient (Wildman–Crippen LogP) is 4.48. The first kappa shape index (κ1) is 17.3. The Morgan fingerprint density at radius 1 is 1.00 bits per heavy atom. The van der Waals surface area contributed by atoms with Crippen molar-refractivity contribution in [3.05, 3.63) is 64.9 Å². The minimum atomic E-state index is -3.22. The van der Waals surface area contributed by atoms with Crippen LogP contribution < -0.4 is 0 Å². The second kappa shape index (κ2) is 6.56. The first-order chi connectivity index (χ1) is 12.4. The fraction of sp³-hybridized carbons (Fsp3) is 0.250. The molecule has 1 aliphatic carbocycles. The van der Waals surface area contributed by atoms with E-state index >= 15 is 0 Å². The first-order valence-corrected chi connectivity index (χ1v) is 10.9. The Balaban J connectivity index is 1.92. The molecule has 26 heavy (non-hydrogen) atoms. The molecule has 2 aromatic carbocycles. The number of rotatable bonds is 3. The zero-order valence-corrected chi connectivity index (χ0v) is 16.0. The number of nitrogens with zero attached hydrogens (tertiary/aromatic N) is 2. The van der Waals surface area contributed by atoms with Crippen LogP contribution in [0.1, 0.15) is 24.2 Å². The Kier molecular flexibility index (Phi) is 4.37. The minimum absolute atomic E-state index is 0.314. The van der Waals surface area contributed by atoms with E-state index in [4.69, 9.17) is 16.6 Å². The molecule has 3 aromatic rings. The Hall–Kier alpha value is -2.11. The molecule has 1 aromatic heterocycles.